The molecule has 3 heteroatoms. The molecule has 3 nitrogen and oxygen atoms in total. The van der Waals surface area contributed by atoms with Gasteiger partial charge < -0.3 is 10.2 Å². The Morgan fingerprint density at radius 1 is 1.24 bits per heavy atom. The molecule has 1 N–H and O–H groups in total. The highest BCUT2D eigenvalue weighted by atomic mass is 16.2. The van der Waals surface area contributed by atoms with Crippen molar-refractivity contribution in [2.24, 2.45) is 17.3 Å². The molecule has 1 saturated heterocycles. The Morgan fingerprint density at radius 2 is 2.00 bits per heavy atom. The van der Waals surface area contributed by atoms with E-state index in [1.807, 2.05) is 0 Å². The van der Waals surface area contributed by atoms with Crippen molar-refractivity contribution < 1.29 is 4.79 Å². The lowest BCUT2D eigenvalue weighted by Gasteiger charge is -2.44. The second kappa shape index (κ2) is 7.13. The minimum atomic E-state index is 0.190. The van der Waals surface area contributed by atoms with E-state index in [2.05, 4.69) is 37.9 Å². The van der Waals surface area contributed by atoms with Gasteiger partial charge in [0.05, 0.1) is 0 Å². The summed E-state index contributed by atoms with van der Waals surface area (Å²) in [7, 11) is 0. The fraction of sp³-hybridized carbons (Fsp3) is 0.944. The normalized spacial score (nSPS) is 33.0. The van der Waals surface area contributed by atoms with Gasteiger partial charge in [0.25, 0.3) is 0 Å². The molecule has 0 aromatic heterocycles. The van der Waals surface area contributed by atoms with Crippen LogP contribution in [0.2, 0.25) is 0 Å². The number of hydrogen-bond acceptors (Lipinski definition) is 2. The van der Waals surface area contributed by atoms with Crippen LogP contribution in [-0.4, -0.2) is 36.5 Å². The highest BCUT2D eigenvalue weighted by Gasteiger charge is 2.41. The van der Waals surface area contributed by atoms with Gasteiger partial charge >= 0.3 is 0 Å². The van der Waals surface area contributed by atoms with Crippen LogP contribution >= 0.6 is 0 Å². The second-order valence-corrected chi connectivity index (χ2v) is 7.69. The zero-order valence-corrected chi connectivity index (χ0v) is 14.5. The Bertz CT molecular complexity index is 353. The first-order chi connectivity index (χ1) is 9.99. The predicted molar refractivity (Wildman–Crippen MR) is 88.2 cm³/mol. The number of amides is 1. The van der Waals surface area contributed by atoms with Gasteiger partial charge in [0.15, 0.2) is 0 Å². The molecule has 1 saturated carbocycles. The Hall–Kier alpha value is -0.570. The van der Waals surface area contributed by atoms with Crippen LogP contribution in [0.1, 0.15) is 66.2 Å². The summed E-state index contributed by atoms with van der Waals surface area (Å²) < 4.78 is 0. The van der Waals surface area contributed by atoms with E-state index >= 15 is 0 Å². The average molecular weight is 294 g/mol. The average Bonchev–Trinajstić information content (AvgIpc) is 2.47. The number of carbonyl (C=O) groups excluding carboxylic acids is 1. The van der Waals surface area contributed by atoms with E-state index in [0.29, 0.717) is 17.9 Å². The summed E-state index contributed by atoms with van der Waals surface area (Å²) in [6, 6.07) is 0.600. The second-order valence-electron chi connectivity index (χ2n) is 7.69. The first-order valence-corrected chi connectivity index (χ1v) is 9.01. The number of nitrogens with zero attached hydrogens (tertiary/aromatic N) is 1. The van der Waals surface area contributed by atoms with E-state index < -0.39 is 0 Å². The summed E-state index contributed by atoms with van der Waals surface area (Å²) in [5.74, 6) is 1.31. The standard InChI is InChI=1S/C18H34N2O/c1-5-14-13-20(12-10-16(14)19-6-2)17(21)15-9-7-8-11-18(15,3)4/h14-16,19H,5-13H2,1-4H3. The van der Waals surface area contributed by atoms with Crippen molar-refractivity contribution in [3.63, 3.8) is 0 Å². The first-order valence-electron chi connectivity index (χ1n) is 9.01. The maximum absolute atomic E-state index is 13.0. The van der Waals surface area contributed by atoms with E-state index in [0.717, 1.165) is 38.9 Å². The quantitative estimate of drug-likeness (QED) is 0.861. The van der Waals surface area contributed by atoms with E-state index in [4.69, 9.17) is 0 Å². The minimum Gasteiger partial charge on any atom is -0.342 e. The smallest absolute Gasteiger partial charge is 0.226 e. The van der Waals surface area contributed by atoms with Crippen LogP contribution in [-0.2, 0) is 4.79 Å². The largest absolute Gasteiger partial charge is 0.342 e. The summed E-state index contributed by atoms with van der Waals surface area (Å²) >= 11 is 0. The van der Waals surface area contributed by atoms with Crippen LogP contribution in [0.25, 0.3) is 0 Å². The highest BCUT2D eigenvalue weighted by Crippen LogP contribution is 2.42. The fourth-order valence-corrected chi connectivity index (χ4v) is 4.35. The minimum absolute atomic E-state index is 0.190. The molecule has 0 aromatic rings. The van der Waals surface area contributed by atoms with Gasteiger partial charge in [0.1, 0.15) is 0 Å². The van der Waals surface area contributed by atoms with E-state index in [1.54, 1.807) is 0 Å². The molecule has 0 spiro atoms. The Morgan fingerprint density at radius 3 is 2.62 bits per heavy atom. The van der Waals surface area contributed by atoms with Crippen LogP contribution in [0.15, 0.2) is 0 Å². The van der Waals surface area contributed by atoms with Gasteiger partial charge in [0.2, 0.25) is 5.91 Å². The molecule has 122 valence electrons. The lowest BCUT2D eigenvalue weighted by molar-refractivity contribution is -0.143. The van der Waals surface area contributed by atoms with Crippen molar-refractivity contribution in [3.05, 3.63) is 0 Å². The molecule has 0 bridgehead atoms. The lowest BCUT2D eigenvalue weighted by Crippen LogP contribution is -2.53. The molecule has 1 amide bonds. The van der Waals surface area contributed by atoms with Crippen molar-refractivity contribution in [3.8, 4) is 0 Å². The molecule has 1 aliphatic heterocycles. The number of piperidine rings is 1. The van der Waals surface area contributed by atoms with E-state index in [-0.39, 0.29) is 11.3 Å². The summed E-state index contributed by atoms with van der Waals surface area (Å²) in [6.07, 6.45) is 7.09. The molecule has 2 fully saturated rings. The molecular formula is C18H34N2O. The third-order valence-corrected chi connectivity index (χ3v) is 5.84. The molecular weight excluding hydrogens is 260 g/mol. The molecule has 0 aromatic carbocycles. The van der Waals surface area contributed by atoms with Crippen molar-refractivity contribution in [1.29, 1.82) is 0 Å². The molecule has 2 rings (SSSR count). The number of hydrogen-bond donors (Lipinski definition) is 1. The summed E-state index contributed by atoms with van der Waals surface area (Å²) in [4.78, 5) is 15.2. The molecule has 2 aliphatic rings. The first kappa shape index (κ1) is 16.8. The Labute approximate surface area is 130 Å². The third-order valence-electron chi connectivity index (χ3n) is 5.84. The van der Waals surface area contributed by atoms with Gasteiger partial charge in [-0.25, -0.2) is 0 Å². The zero-order chi connectivity index (χ0) is 15.5. The topological polar surface area (TPSA) is 32.3 Å². The maximum Gasteiger partial charge on any atom is 0.226 e. The zero-order valence-electron chi connectivity index (χ0n) is 14.5. The summed E-state index contributed by atoms with van der Waals surface area (Å²) in [6.45, 7) is 11.9. The van der Waals surface area contributed by atoms with Crippen LogP contribution in [0, 0.1) is 17.3 Å². The van der Waals surface area contributed by atoms with Gasteiger partial charge in [-0.2, -0.15) is 0 Å². The van der Waals surface area contributed by atoms with Crippen LogP contribution in [0.3, 0.4) is 0 Å². The van der Waals surface area contributed by atoms with Crippen molar-refractivity contribution in [2.75, 3.05) is 19.6 Å². The van der Waals surface area contributed by atoms with Gasteiger partial charge in [-0.3, -0.25) is 4.79 Å². The van der Waals surface area contributed by atoms with Crippen molar-refractivity contribution >= 4 is 5.91 Å². The number of likely N-dealkylation sites (tertiary alicyclic amines) is 1. The maximum atomic E-state index is 13.0. The highest BCUT2D eigenvalue weighted by molar-refractivity contribution is 5.80. The van der Waals surface area contributed by atoms with Crippen molar-refractivity contribution in [2.45, 2.75) is 72.3 Å². The van der Waals surface area contributed by atoms with Crippen molar-refractivity contribution in [1.82, 2.24) is 10.2 Å². The predicted octanol–water partition coefficient (Wildman–Crippen LogP) is 3.44. The number of rotatable bonds is 4. The molecule has 21 heavy (non-hydrogen) atoms. The van der Waals surface area contributed by atoms with E-state index in [1.165, 1.54) is 19.3 Å². The van der Waals surface area contributed by atoms with Gasteiger partial charge in [-0.15, -0.1) is 0 Å². The molecule has 3 unspecified atom stereocenters. The van der Waals surface area contributed by atoms with Crippen LogP contribution in [0.4, 0.5) is 0 Å². The number of nitrogens with one attached hydrogen (secondary N) is 1. The molecule has 1 aliphatic carbocycles. The Balaban J connectivity index is 2.00. The summed E-state index contributed by atoms with van der Waals surface area (Å²) in [5, 5.41) is 3.60. The SMILES string of the molecule is CCNC1CCN(C(=O)C2CCCCC2(C)C)CC1CC. The molecule has 3 atom stereocenters. The van der Waals surface area contributed by atoms with Gasteiger partial charge in [-0.1, -0.05) is 47.0 Å². The third kappa shape index (κ3) is 3.80. The van der Waals surface area contributed by atoms with Crippen LogP contribution < -0.4 is 5.32 Å². The summed E-state index contributed by atoms with van der Waals surface area (Å²) in [5.41, 5.74) is 0.190. The van der Waals surface area contributed by atoms with Gasteiger partial charge in [-0.05, 0) is 37.1 Å². The lowest BCUT2D eigenvalue weighted by atomic mass is 9.68. The Kier molecular flexibility index (Phi) is 5.70. The fourth-order valence-electron chi connectivity index (χ4n) is 4.35. The van der Waals surface area contributed by atoms with Crippen LogP contribution in [0.5, 0.6) is 0 Å². The molecule has 0 radical (unpaired) electrons. The monoisotopic (exact) mass is 294 g/mol. The van der Waals surface area contributed by atoms with Gasteiger partial charge in [0, 0.05) is 25.0 Å². The van der Waals surface area contributed by atoms with E-state index in [9.17, 15) is 4.79 Å². The number of carbonyl (C=O) groups is 1. The molecule has 1 heterocycles.